The summed E-state index contributed by atoms with van der Waals surface area (Å²) in [5.41, 5.74) is 4.57. The van der Waals surface area contributed by atoms with Crippen molar-refractivity contribution in [3.05, 3.63) is 96.4 Å². The van der Waals surface area contributed by atoms with Gasteiger partial charge in [0.2, 0.25) is 17.7 Å². The van der Waals surface area contributed by atoms with E-state index in [9.17, 15) is 34.8 Å². The molecule has 21 heteroatoms. The van der Waals surface area contributed by atoms with Crippen LogP contribution in [0, 0.1) is 5.92 Å². The monoisotopic (exact) mass is 1150 g/mol. The fraction of sp³-hybridized carbons (Fsp3) is 0.524. The number of aromatic nitrogens is 9. The summed E-state index contributed by atoms with van der Waals surface area (Å²) in [6.07, 6.45) is 16.1. The molecule has 0 radical (unpaired) electrons. The molecule has 3 aliphatic carbocycles. The van der Waals surface area contributed by atoms with Gasteiger partial charge in [0, 0.05) is 80.1 Å². The molecular weight excluding hydrogens is 1060 g/mol. The molecule has 12 rings (SSSR count). The topological polar surface area (TPSA) is 282 Å². The minimum atomic E-state index is -2.28. The lowest BCUT2D eigenvalue weighted by Gasteiger charge is -2.38. The molecular formula is C63H80N14O7. The molecule has 3 amide bonds. The Bertz CT molecular complexity index is 3350. The third-order valence-corrected chi connectivity index (χ3v) is 16.4. The van der Waals surface area contributed by atoms with Crippen LogP contribution in [-0.2, 0) is 37.4 Å². The van der Waals surface area contributed by atoms with Crippen LogP contribution in [0.15, 0.2) is 73.6 Å². The first-order chi connectivity index (χ1) is 41.4. The highest BCUT2D eigenvalue weighted by atomic mass is 16.3. The quantitative estimate of drug-likeness (QED) is 0.0835. The lowest BCUT2D eigenvalue weighted by Crippen LogP contribution is -2.49. The van der Waals surface area contributed by atoms with Crippen LogP contribution < -0.4 is 25.3 Å². The van der Waals surface area contributed by atoms with E-state index in [1.54, 1.807) is 86.7 Å². The zero-order chi connectivity index (χ0) is 63.3. The molecule has 6 aromatic heterocycles. The fourth-order valence-corrected chi connectivity index (χ4v) is 11.4. The maximum atomic E-state index is 13.1. The SMILES string of the molecule is CC(C)(O)c1ccc(-c2cnc3c(n2)N(C2CCC(O)CC2)C(=O)CN3)cn1.[2H]C1([2H])Cc2ncc(-c3ccc(C(C)(C)C)nc3)nc2N(C2CCC(C)CC2)C1=O.[2H]C1([2H])Nc2ncc(-c3ccc(C(C)(C)O)nc3)nc2N(C2CCC(O)CC2)C1=O. The summed E-state index contributed by atoms with van der Waals surface area (Å²) in [5, 5.41) is 45.3. The van der Waals surface area contributed by atoms with Crippen molar-refractivity contribution in [3.8, 4) is 33.8 Å². The average molecular weight is 1150 g/mol. The summed E-state index contributed by atoms with van der Waals surface area (Å²) < 4.78 is 32.6. The third-order valence-electron chi connectivity index (χ3n) is 16.4. The van der Waals surface area contributed by atoms with E-state index in [2.05, 4.69) is 73.2 Å². The van der Waals surface area contributed by atoms with Crippen LogP contribution in [0.4, 0.5) is 29.1 Å². The summed E-state index contributed by atoms with van der Waals surface area (Å²) in [5.74, 6) is 1.54. The number of pyridine rings is 3. The Labute approximate surface area is 496 Å². The van der Waals surface area contributed by atoms with Gasteiger partial charge in [0.05, 0.1) is 80.7 Å². The minimum absolute atomic E-state index is 0.0197. The number of nitrogens with one attached hydrogen (secondary N) is 2. The largest absolute Gasteiger partial charge is 0.393 e. The predicted molar refractivity (Wildman–Crippen MR) is 321 cm³/mol. The summed E-state index contributed by atoms with van der Waals surface area (Å²) in [4.78, 5) is 84.0. The molecule has 6 aliphatic rings. The number of aliphatic hydroxyl groups is 4. The molecule has 3 aliphatic heterocycles. The van der Waals surface area contributed by atoms with Crippen molar-refractivity contribution in [1.82, 2.24) is 44.9 Å². The molecule has 0 unspecified atom stereocenters. The van der Waals surface area contributed by atoms with Gasteiger partial charge in [-0.3, -0.25) is 49.0 Å². The second kappa shape index (κ2) is 24.6. The van der Waals surface area contributed by atoms with Crippen molar-refractivity contribution in [2.75, 3.05) is 38.4 Å². The van der Waals surface area contributed by atoms with Gasteiger partial charge in [0.25, 0.3) is 0 Å². The predicted octanol–water partition coefficient (Wildman–Crippen LogP) is 8.35. The number of amides is 3. The Balaban J connectivity index is 0.000000146. The molecule has 0 aromatic carbocycles. The number of nitrogens with zero attached hydrogens (tertiary/aromatic N) is 12. The molecule has 84 heavy (non-hydrogen) atoms. The van der Waals surface area contributed by atoms with Crippen LogP contribution in [0.25, 0.3) is 33.8 Å². The van der Waals surface area contributed by atoms with Crippen molar-refractivity contribution in [2.24, 2.45) is 5.92 Å². The van der Waals surface area contributed by atoms with E-state index in [0.717, 1.165) is 55.3 Å². The van der Waals surface area contributed by atoms with E-state index in [4.69, 9.17) is 15.5 Å². The smallest absolute Gasteiger partial charge is 0.247 e. The lowest BCUT2D eigenvalue weighted by atomic mass is 9.86. The second-order valence-electron chi connectivity index (χ2n) is 25.0. The Hall–Kier alpha value is -7.46. The number of anilines is 5. The number of carbonyl (C=O) groups excluding carboxylic acids is 3. The van der Waals surface area contributed by atoms with Gasteiger partial charge in [0.15, 0.2) is 29.1 Å². The third kappa shape index (κ3) is 13.5. The lowest BCUT2D eigenvalue weighted by molar-refractivity contribution is -0.120. The van der Waals surface area contributed by atoms with Crippen molar-refractivity contribution in [1.29, 1.82) is 0 Å². The van der Waals surface area contributed by atoms with Crippen molar-refractivity contribution >= 4 is 46.8 Å². The highest BCUT2D eigenvalue weighted by Crippen LogP contribution is 2.39. The summed E-state index contributed by atoms with van der Waals surface area (Å²) in [6, 6.07) is 10.8. The molecule has 3 saturated carbocycles. The Kier molecular flexibility index (Phi) is 16.0. The van der Waals surface area contributed by atoms with Crippen LogP contribution >= 0.6 is 0 Å². The average Bonchev–Trinajstić information content (AvgIpc) is 0.856. The summed E-state index contributed by atoms with van der Waals surface area (Å²) >= 11 is 0. The summed E-state index contributed by atoms with van der Waals surface area (Å²) in [7, 11) is 0. The van der Waals surface area contributed by atoms with E-state index in [0.29, 0.717) is 102 Å². The number of rotatable bonds is 8. The number of hydrogen-bond donors (Lipinski definition) is 6. The van der Waals surface area contributed by atoms with Crippen LogP contribution in [0.2, 0.25) is 0 Å². The van der Waals surface area contributed by atoms with Gasteiger partial charge >= 0.3 is 0 Å². The summed E-state index contributed by atoms with van der Waals surface area (Å²) in [6.45, 7) is 13.2. The van der Waals surface area contributed by atoms with Gasteiger partial charge in [0.1, 0.15) is 11.2 Å². The highest BCUT2D eigenvalue weighted by molar-refractivity contribution is 6.02. The number of aliphatic hydroxyl groups excluding tert-OH is 2. The van der Waals surface area contributed by atoms with Crippen LogP contribution in [0.3, 0.4) is 0 Å². The van der Waals surface area contributed by atoms with E-state index < -0.39 is 42.0 Å². The second-order valence-corrected chi connectivity index (χ2v) is 25.0. The molecule has 0 atom stereocenters. The van der Waals surface area contributed by atoms with Gasteiger partial charge in [-0.1, -0.05) is 27.7 Å². The van der Waals surface area contributed by atoms with E-state index in [1.165, 1.54) is 11.1 Å². The van der Waals surface area contributed by atoms with E-state index in [-0.39, 0.29) is 60.2 Å². The first kappa shape index (κ1) is 54.5. The van der Waals surface area contributed by atoms with Crippen molar-refractivity contribution in [2.45, 2.75) is 192 Å². The molecule has 6 aromatic rings. The van der Waals surface area contributed by atoms with Crippen molar-refractivity contribution in [3.63, 3.8) is 0 Å². The Morgan fingerprint density at radius 3 is 1.33 bits per heavy atom. The van der Waals surface area contributed by atoms with Gasteiger partial charge in [-0.2, -0.15) is 0 Å². The van der Waals surface area contributed by atoms with Gasteiger partial charge in [-0.15, -0.1) is 0 Å². The molecule has 9 heterocycles. The number of carbonyl (C=O) groups is 3. The number of fused-ring (bicyclic) bond motifs is 3. The molecule has 3 fully saturated rings. The maximum absolute atomic E-state index is 13.1. The maximum Gasteiger partial charge on any atom is 0.247 e. The minimum Gasteiger partial charge on any atom is -0.393 e. The van der Waals surface area contributed by atoms with Crippen LogP contribution in [0.1, 0.15) is 167 Å². The van der Waals surface area contributed by atoms with Crippen LogP contribution in [-0.4, -0.2) is 126 Å². The number of aryl methyl sites for hydroxylation is 1. The molecule has 0 spiro atoms. The number of hydrogen-bond acceptors (Lipinski definition) is 18. The molecule has 21 nitrogen and oxygen atoms in total. The highest BCUT2D eigenvalue weighted by Gasteiger charge is 2.38. The zero-order valence-electron chi connectivity index (χ0n) is 53.2. The van der Waals surface area contributed by atoms with Gasteiger partial charge < -0.3 is 31.1 Å². The van der Waals surface area contributed by atoms with E-state index in [1.807, 2.05) is 18.2 Å². The van der Waals surface area contributed by atoms with Crippen LogP contribution in [0.5, 0.6) is 0 Å². The molecule has 6 N–H and O–H groups in total. The molecule has 444 valence electrons. The normalized spacial score (nSPS) is 24.6. The molecule has 0 bridgehead atoms. The van der Waals surface area contributed by atoms with E-state index >= 15 is 0 Å². The Morgan fingerprint density at radius 1 is 0.488 bits per heavy atom. The molecule has 0 saturated heterocycles. The van der Waals surface area contributed by atoms with Gasteiger partial charge in [-0.05, 0) is 147 Å². The first-order valence-corrected chi connectivity index (χ1v) is 29.3. The standard InChI is InChI=1S/C23H30N4O.2C20H25N5O3/c1-15-5-8-17(9-6-15)27-21(28)12-10-18-22(27)26-19(14-24-18)16-7-11-20(25-13-16)23(2,3)4;2*1-20(2,28)16-8-3-12(9-21-16)15-10-22-18-19(24-15)25(17(27)11-23-18)13-4-6-14(26)7-5-13/h7,11,13-15,17H,5-6,8-10,12H2,1-4H3;2*3,8-10,13-14,26,28H,4-7,11H2,1-2H3,(H,22,23)/i12D2;11D2;. The zero-order valence-corrected chi connectivity index (χ0v) is 49.2. The Morgan fingerprint density at radius 2 is 0.893 bits per heavy atom. The van der Waals surface area contributed by atoms with Gasteiger partial charge in [-0.25, -0.2) is 24.9 Å². The fourth-order valence-electron chi connectivity index (χ4n) is 11.4. The first-order valence-electron chi connectivity index (χ1n) is 31.3. The van der Waals surface area contributed by atoms with Crippen molar-refractivity contribution < 1.29 is 40.3 Å².